The highest BCUT2D eigenvalue weighted by Gasteiger charge is 2.46. The first-order chi connectivity index (χ1) is 9.43. The van der Waals surface area contributed by atoms with Gasteiger partial charge in [0.05, 0.1) is 18.7 Å². The number of halogens is 3. The van der Waals surface area contributed by atoms with E-state index in [0.717, 1.165) is 5.56 Å². The number of carbonyl (C=O) groups is 1. The molecule has 0 spiro atoms. The highest BCUT2D eigenvalue weighted by atomic mass is 35.5. The number of rotatable bonds is 2. The maximum absolute atomic E-state index is 13.7. The van der Waals surface area contributed by atoms with E-state index in [4.69, 9.17) is 16.3 Å². The second-order valence-electron chi connectivity index (χ2n) is 4.90. The van der Waals surface area contributed by atoms with E-state index in [0.29, 0.717) is 10.9 Å². The number of piperidine rings is 1. The molecule has 0 radical (unpaired) electrons. The van der Waals surface area contributed by atoms with Crippen molar-refractivity contribution < 1.29 is 18.3 Å². The van der Waals surface area contributed by atoms with Crippen LogP contribution in [0.2, 0.25) is 5.15 Å². The Labute approximate surface area is 119 Å². The molecule has 1 aromatic heterocycles. The molecule has 2 aliphatic heterocycles. The zero-order valence-corrected chi connectivity index (χ0v) is 11.1. The fourth-order valence-corrected chi connectivity index (χ4v) is 2.58. The highest BCUT2D eigenvalue weighted by Crippen LogP contribution is 2.37. The van der Waals surface area contributed by atoms with E-state index in [1.165, 1.54) is 17.2 Å². The predicted molar refractivity (Wildman–Crippen MR) is 67.2 cm³/mol. The number of pyridine rings is 1. The lowest BCUT2D eigenvalue weighted by molar-refractivity contribution is -0.146. The summed E-state index contributed by atoms with van der Waals surface area (Å²) in [5.41, 5.74) is 1.25. The molecule has 0 saturated carbocycles. The SMILES string of the molecule is O=C1C=C2C(CC(F)(F)CN2Cc2ccc(Cl)nc2)O1. The zero-order valence-electron chi connectivity index (χ0n) is 10.4. The van der Waals surface area contributed by atoms with Gasteiger partial charge in [0, 0.05) is 18.8 Å². The number of ether oxygens (including phenoxy) is 1. The normalized spacial score (nSPS) is 24.1. The number of likely N-dealkylation sites (tertiary alicyclic amines) is 1. The van der Waals surface area contributed by atoms with Crippen LogP contribution in [-0.4, -0.2) is 34.4 Å². The molecule has 2 aliphatic rings. The molecule has 1 atom stereocenters. The van der Waals surface area contributed by atoms with E-state index in [1.54, 1.807) is 12.1 Å². The molecule has 3 heterocycles. The Morgan fingerprint density at radius 3 is 3.00 bits per heavy atom. The van der Waals surface area contributed by atoms with Gasteiger partial charge in [-0.1, -0.05) is 17.7 Å². The predicted octanol–water partition coefficient (Wildman–Crippen LogP) is 2.39. The average Bonchev–Trinajstić information content (AvgIpc) is 2.71. The number of hydrogen-bond acceptors (Lipinski definition) is 4. The molecular formula is C13H11ClF2N2O2. The van der Waals surface area contributed by atoms with Crippen molar-refractivity contribution in [2.45, 2.75) is 25.0 Å². The monoisotopic (exact) mass is 300 g/mol. The van der Waals surface area contributed by atoms with Crippen LogP contribution in [0.25, 0.3) is 0 Å². The van der Waals surface area contributed by atoms with Crippen LogP contribution >= 0.6 is 11.6 Å². The number of aromatic nitrogens is 1. The minimum atomic E-state index is -2.88. The number of esters is 1. The van der Waals surface area contributed by atoms with Crippen molar-refractivity contribution in [3.8, 4) is 0 Å². The summed E-state index contributed by atoms with van der Waals surface area (Å²) in [7, 11) is 0. The van der Waals surface area contributed by atoms with Gasteiger partial charge >= 0.3 is 5.97 Å². The fraction of sp³-hybridized carbons (Fsp3) is 0.385. The molecule has 20 heavy (non-hydrogen) atoms. The molecule has 0 aromatic carbocycles. The number of nitrogens with zero attached hydrogens (tertiary/aromatic N) is 2. The molecule has 0 N–H and O–H groups in total. The minimum Gasteiger partial charge on any atom is -0.452 e. The second kappa shape index (κ2) is 4.70. The van der Waals surface area contributed by atoms with Crippen molar-refractivity contribution in [3.05, 3.63) is 40.8 Å². The summed E-state index contributed by atoms with van der Waals surface area (Å²) < 4.78 is 32.3. The Bertz CT molecular complexity index is 574. The molecule has 7 heteroatoms. The van der Waals surface area contributed by atoms with Crippen molar-refractivity contribution in [3.63, 3.8) is 0 Å². The maximum Gasteiger partial charge on any atom is 0.333 e. The van der Waals surface area contributed by atoms with E-state index in [1.807, 2.05) is 0 Å². The third-order valence-electron chi connectivity index (χ3n) is 3.29. The van der Waals surface area contributed by atoms with Gasteiger partial charge in [0.2, 0.25) is 0 Å². The first kappa shape index (κ1) is 13.3. The molecule has 3 rings (SSSR count). The van der Waals surface area contributed by atoms with Crippen LogP contribution in [0, 0.1) is 0 Å². The van der Waals surface area contributed by atoms with Crippen LogP contribution in [-0.2, 0) is 16.1 Å². The third-order valence-corrected chi connectivity index (χ3v) is 3.51. The molecule has 0 amide bonds. The van der Waals surface area contributed by atoms with Crippen molar-refractivity contribution in [2.24, 2.45) is 0 Å². The molecule has 1 fully saturated rings. The summed E-state index contributed by atoms with van der Waals surface area (Å²) >= 11 is 5.69. The van der Waals surface area contributed by atoms with Gasteiger partial charge < -0.3 is 9.64 Å². The molecule has 0 aliphatic carbocycles. The molecule has 0 bridgehead atoms. The van der Waals surface area contributed by atoms with E-state index < -0.39 is 31.0 Å². The maximum atomic E-state index is 13.7. The van der Waals surface area contributed by atoms with Crippen molar-refractivity contribution >= 4 is 17.6 Å². The van der Waals surface area contributed by atoms with Gasteiger partial charge in [0.25, 0.3) is 5.92 Å². The summed E-state index contributed by atoms with van der Waals surface area (Å²) in [6, 6.07) is 3.32. The topological polar surface area (TPSA) is 42.4 Å². The van der Waals surface area contributed by atoms with Crippen LogP contribution in [0.5, 0.6) is 0 Å². The largest absolute Gasteiger partial charge is 0.452 e. The van der Waals surface area contributed by atoms with Crippen molar-refractivity contribution in [2.75, 3.05) is 6.54 Å². The number of hydrogen-bond donors (Lipinski definition) is 0. The van der Waals surface area contributed by atoms with Crippen molar-refractivity contribution in [1.29, 1.82) is 0 Å². The smallest absolute Gasteiger partial charge is 0.333 e. The average molecular weight is 301 g/mol. The van der Waals surface area contributed by atoms with Crippen LogP contribution in [0.1, 0.15) is 12.0 Å². The first-order valence-electron chi connectivity index (χ1n) is 6.08. The van der Waals surface area contributed by atoms with Gasteiger partial charge in [-0.25, -0.2) is 18.6 Å². The lowest BCUT2D eigenvalue weighted by atomic mass is 10.0. The van der Waals surface area contributed by atoms with E-state index >= 15 is 0 Å². The second-order valence-corrected chi connectivity index (χ2v) is 5.29. The summed E-state index contributed by atoms with van der Waals surface area (Å²) in [6.45, 7) is -0.201. The summed E-state index contributed by atoms with van der Waals surface area (Å²) in [5, 5.41) is 0.342. The zero-order chi connectivity index (χ0) is 14.3. The Morgan fingerprint density at radius 1 is 1.50 bits per heavy atom. The lowest BCUT2D eigenvalue weighted by Crippen LogP contribution is -2.46. The van der Waals surface area contributed by atoms with Crippen LogP contribution in [0.4, 0.5) is 8.78 Å². The van der Waals surface area contributed by atoms with Crippen LogP contribution in [0.3, 0.4) is 0 Å². The van der Waals surface area contributed by atoms with Crippen molar-refractivity contribution in [1.82, 2.24) is 9.88 Å². The number of carbonyl (C=O) groups excluding carboxylic acids is 1. The Kier molecular flexibility index (Phi) is 3.12. The molecular weight excluding hydrogens is 290 g/mol. The first-order valence-corrected chi connectivity index (χ1v) is 6.46. The Balaban J connectivity index is 1.84. The molecule has 1 unspecified atom stereocenters. The molecule has 1 aromatic rings. The number of fused-ring (bicyclic) bond motifs is 1. The van der Waals surface area contributed by atoms with E-state index in [2.05, 4.69) is 4.98 Å². The summed E-state index contributed by atoms with van der Waals surface area (Å²) in [5.74, 6) is -3.45. The standard InChI is InChI=1S/C13H11ClF2N2O2/c14-11-2-1-8(5-17-11)6-18-7-13(15,16)4-10-9(18)3-12(19)20-10/h1-3,5,10H,4,6-7H2. The van der Waals surface area contributed by atoms with Gasteiger partial charge in [-0.05, 0) is 11.6 Å². The molecule has 106 valence electrons. The van der Waals surface area contributed by atoms with Crippen LogP contribution < -0.4 is 0 Å². The highest BCUT2D eigenvalue weighted by molar-refractivity contribution is 6.29. The summed E-state index contributed by atoms with van der Waals surface area (Å²) in [4.78, 5) is 16.6. The lowest BCUT2D eigenvalue weighted by Gasteiger charge is -2.37. The van der Waals surface area contributed by atoms with Gasteiger partial charge in [-0.3, -0.25) is 0 Å². The van der Waals surface area contributed by atoms with E-state index in [-0.39, 0.29) is 6.54 Å². The molecule has 1 saturated heterocycles. The Morgan fingerprint density at radius 2 is 2.30 bits per heavy atom. The van der Waals surface area contributed by atoms with Gasteiger partial charge in [-0.2, -0.15) is 0 Å². The quantitative estimate of drug-likeness (QED) is 0.621. The summed E-state index contributed by atoms with van der Waals surface area (Å²) in [6.07, 6.45) is 1.50. The fourth-order valence-electron chi connectivity index (χ4n) is 2.46. The number of alkyl halides is 2. The van der Waals surface area contributed by atoms with Gasteiger partial charge in [0.1, 0.15) is 11.3 Å². The van der Waals surface area contributed by atoms with Crippen LogP contribution in [0.15, 0.2) is 30.1 Å². The van der Waals surface area contributed by atoms with Gasteiger partial charge in [-0.15, -0.1) is 0 Å². The van der Waals surface area contributed by atoms with Gasteiger partial charge in [0.15, 0.2) is 0 Å². The molecule has 4 nitrogen and oxygen atoms in total. The van der Waals surface area contributed by atoms with E-state index in [9.17, 15) is 13.6 Å². The Hall–Kier alpha value is -1.69. The minimum absolute atomic E-state index is 0.235. The third kappa shape index (κ3) is 2.60.